The van der Waals surface area contributed by atoms with E-state index in [1.807, 2.05) is 39.1 Å². The van der Waals surface area contributed by atoms with Crippen molar-refractivity contribution < 1.29 is 14.6 Å². The fraction of sp³-hybridized carbons (Fsp3) is 0.667. The number of hydrogen-bond donors (Lipinski definition) is 1. The van der Waals surface area contributed by atoms with Crippen molar-refractivity contribution in [1.82, 2.24) is 0 Å². The third-order valence-corrected chi connectivity index (χ3v) is 5.29. The lowest BCUT2D eigenvalue weighted by Crippen LogP contribution is -2.43. The SMILES string of the molecule is CCC(C)(O)C1=Nc2cc(N(C)C(C)=O)ccc2N(C)C1.CCC(C)C.CCOC. The topological polar surface area (TPSA) is 65.4 Å². The third-order valence-electron chi connectivity index (χ3n) is 5.29. The molecule has 0 spiro atoms. The summed E-state index contributed by atoms with van der Waals surface area (Å²) in [4.78, 5) is 19.8. The molecule has 2 rings (SSSR count). The van der Waals surface area contributed by atoms with E-state index in [0.29, 0.717) is 13.0 Å². The number of aliphatic hydroxyl groups is 1. The van der Waals surface area contributed by atoms with Crippen LogP contribution in [0.4, 0.5) is 17.1 Å². The molecule has 1 aromatic carbocycles. The van der Waals surface area contributed by atoms with Crippen molar-refractivity contribution in [3.63, 3.8) is 0 Å². The largest absolute Gasteiger partial charge is 0.385 e. The van der Waals surface area contributed by atoms with Crippen molar-refractivity contribution >= 4 is 28.7 Å². The fourth-order valence-electron chi connectivity index (χ4n) is 2.30. The number of ether oxygens (including phenoxy) is 1. The van der Waals surface area contributed by atoms with E-state index in [-0.39, 0.29) is 5.91 Å². The van der Waals surface area contributed by atoms with Crippen LogP contribution in [-0.4, -0.2) is 56.7 Å². The van der Waals surface area contributed by atoms with Gasteiger partial charge in [-0.25, -0.2) is 0 Å². The van der Waals surface area contributed by atoms with Crippen LogP contribution in [0.15, 0.2) is 23.2 Å². The summed E-state index contributed by atoms with van der Waals surface area (Å²) in [6.45, 7) is 15.3. The summed E-state index contributed by atoms with van der Waals surface area (Å²) in [5.41, 5.74) is 2.44. The highest BCUT2D eigenvalue weighted by Gasteiger charge is 2.30. The Morgan fingerprint density at radius 3 is 2.27 bits per heavy atom. The molecule has 1 aliphatic rings. The number of hydrogen-bond acceptors (Lipinski definition) is 5. The minimum atomic E-state index is -0.908. The first-order valence-electron chi connectivity index (χ1n) is 10.8. The standard InChI is InChI=1S/C16H23N3O2.C5H12.C3H8O/c1-6-16(3,21)15-10-18(4)14-8-7-12(9-13(14)17-15)19(5)11(2)20;1-4-5(2)3;1-3-4-2/h7-9,21H,6,10H2,1-5H3;5H,4H2,1-3H3;3H2,1-2H3. The molecular formula is C24H43N3O3. The van der Waals surface area contributed by atoms with E-state index in [0.717, 1.165) is 35.3 Å². The number of carbonyl (C=O) groups excluding carboxylic acids is 1. The molecule has 0 saturated heterocycles. The van der Waals surface area contributed by atoms with E-state index in [1.165, 1.54) is 13.3 Å². The van der Waals surface area contributed by atoms with Gasteiger partial charge in [0.2, 0.25) is 5.91 Å². The predicted molar refractivity (Wildman–Crippen MR) is 129 cm³/mol. The molecule has 0 aliphatic carbocycles. The van der Waals surface area contributed by atoms with Gasteiger partial charge in [0.15, 0.2) is 0 Å². The van der Waals surface area contributed by atoms with Gasteiger partial charge in [0.05, 0.1) is 23.6 Å². The fourth-order valence-corrected chi connectivity index (χ4v) is 2.30. The Hall–Kier alpha value is -1.92. The summed E-state index contributed by atoms with van der Waals surface area (Å²) in [5.74, 6) is 0.860. The molecule has 1 unspecified atom stereocenters. The summed E-state index contributed by atoms with van der Waals surface area (Å²) in [5, 5.41) is 10.4. The van der Waals surface area contributed by atoms with Gasteiger partial charge in [-0.1, -0.05) is 34.1 Å². The van der Waals surface area contributed by atoms with Crippen LogP contribution in [-0.2, 0) is 9.53 Å². The minimum absolute atomic E-state index is 0.0242. The van der Waals surface area contributed by atoms with E-state index in [9.17, 15) is 9.90 Å². The number of anilines is 2. The molecule has 6 nitrogen and oxygen atoms in total. The normalized spacial score (nSPS) is 14.4. The van der Waals surface area contributed by atoms with Crippen molar-refractivity contribution in [3.05, 3.63) is 18.2 Å². The van der Waals surface area contributed by atoms with Crippen LogP contribution in [0, 0.1) is 5.92 Å². The van der Waals surface area contributed by atoms with Crippen molar-refractivity contribution in [2.75, 3.05) is 44.2 Å². The highest BCUT2D eigenvalue weighted by Crippen LogP contribution is 2.36. The minimum Gasteiger partial charge on any atom is -0.385 e. The second-order valence-electron chi connectivity index (χ2n) is 8.17. The van der Waals surface area contributed by atoms with Gasteiger partial charge in [0, 0.05) is 40.4 Å². The molecule has 1 N–H and O–H groups in total. The third kappa shape index (κ3) is 8.84. The van der Waals surface area contributed by atoms with Gasteiger partial charge in [-0.2, -0.15) is 0 Å². The number of amides is 1. The Labute approximate surface area is 183 Å². The maximum Gasteiger partial charge on any atom is 0.223 e. The van der Waals surface area contributed by atoms with Crippen LogP contribution in [0.25, 0.3) is 0 Å². The van der Waals surface area contributed by atoms with Gasteiger partial charge in [-0.15, -0.1) is 0 Å². The Balaban J connectivity index is 0.000000789. The molecule has 0 saturated carbocycles. The Kier molecular flexibility index (Phi) is 12.5. The van der Waals surface area contributed by atoms with E-state index >= 15 is 0 Å². The Bertz CT molecular complexity index is 682. The zero-order valence-corrected chi connectivity index (χ0v) is 20.7. The lowest BCUT2D eigenvalue weighted by atomic mass is 9.95. The molecule has 0 bridgehead atoms. The lowest BCUT2D eigenvalue weighted by Gasteiger charge is -2.33. The number of methoxy groups -OCH3 is 1. The quantitative estimate of drug-likeness (QED) is 0.722. The van der Waals surface area contributed by atoms with E-state index < -0.39 is 5.60 Å². The van der Waals surface area contributed by atoms with E-state index in [2.05, 4.69) is 35.4 Å². The molecule has 30 heavy (non-hydrogen) atoms. The maximum atomic E-state index is 11.5. The average molecular weight is 422 g/mol. The van der Waals surface area contributed by atoms with Crippen LogP contribution in [0.5, 0.6) is 0 Å². The molecule has 172 valence electrons. The van der Waals surface area contributed by atoms with E-state index in [4.69, 9.17) is 0 Å². The molecule has 1 aliphatic heterocycles. The highest BCUT2D eigenvalue weighted by atomic mass is 16.5. The summed E-state index contributed by atoms with van der Waals surface area (Å²) >= 11 is 0. The number of benzene rings is 1. The van der Waals surface area contributed by atoms with Gasteiger partial charge < -0.3 is 19.6 Å². The van der Waals surface area contributed by atoms with Crippen molar-refractivity contribution in [2.45, 2.75) is 66.9 Å². The molecule has 0 radical (unpaired) electrons. The maximum absolute atomic E-state index is 11.5. The molecule has 1 aromatic rings. The van der Waals surface area contributed by atoms with Crippen LogP contribution in [0.1, 0.15) is 61.3 Å². The first-order valence-corrected chi connectivity index (χ1v) is 10.8. The van der Waals surface area contributed by atoms with Crippen molar-refractivity contribution in [2.24, 2.45) is 10.9 Å². The smallest absolute Gasteiger partial charge is 0.223 e. The monoisotopic (exact) mass is 421 g/mol. The van der Waals surface area contributed by atoms with Gasteiger partial charge >= 0.3 is 0 Å². The van der Waals surface area contributed by atoms with E-state index in [1.54, 1.807) is 26.0 Å². The number of fused-ring (bicyclic) bond motifs is 1. The number of carbonyl (C=O) groups is 1. The van der Waals surface area contributed by atoms with Crippen LogP contribution in [0.2, 0.25) is 0 Å². The van der Waals surface area contributed by atoms with Crippen LogP contribution in [0.3, 0.4) is 0 Å². The van der Waals surface area contributed by atoms with Gasteiger partial charge in [-0.3, -0.25) is 9.79 Å². The van der Waals surface area contributed by atoms with Gasteiger partial charge in [0.25, 0.3) is 0 Å². The number of aliphatic imine (C=N–C) groups is 1. The number of nitrogens with zero attached hydrogens (tertiary/aromatic N) is 3. The summed E-state index contributed by atoms with van der Waals surface area (Å²) in [6, 6.07) is 5.76. The predicted octanol–water partition coefficient (Wildman–Crippen LogP) is 5.06. The molecule has 0 fully saturated rings. The Morgan fingerprint density at radius 2 is 1.87 bits per heavy atom. The Morgan fingerprint density at radius 1 is 1.33 bits per heavy atom. The highest BCUT2D eigenvalue weighted by molar-refractivity contribution is 6.02. The molecule has 6 heteroatoms. The molecule has 1 amide bonds. The zero-order valence-electron chi connectivity index (χ0n) is 20.7. The average Bonchev–Trinajstić information content (AvgIpc) is 2.73. The number of rotatable bonds is 5. The summed E-state index contributed by atoms with van der Waals surface area (Å²) in [7, 11) is 5.40. The molecule has 0 aromatic heterocycles. The summed E-state index contributed by atoms with van der Waals surface area (Å²) in [6.07, 6.45) is 1.92. The molecular weight excluding hydrogens is 378 g/mol. The van der Waals surface area contributed by atoms with Crippen molar-refractivity contribution in [3.8, 4) is 0 Å². The van der Waals surface area contributed by atoms with Crippen LogP contribution < -0.4 is 9.80 Å². The van der Waals surface area contributed by atoms with Crippen LogP contribution >= 0.6 is 0 Å². The second-order valence-corrected chi connectivity index (χ2v) is 8.17. The first-order chi connectivity index (χ1) is 13.9. The van der Waals surface area contributed by atoms with Gasteiger partial charge in [0.1, 0.15) is 5.60 Å². The lowest BCUT2D eigenvalue weighted by molar-refractivity contribution is -0.116. The molecule has 1 heterocycles. The first kappa shape index (κ1) is 28.1. The second kappa shape index (κ2) is 13.4. The van der Waals surface area contributed by atoms with Gasteiger partial charge in [-0.05, 0) is 44.4 Å². The zero-order chi connectivity index (χ0) is 23.5. The van der Waals surface area contributed by atoms with Crippen molar-refractivity contribution in [1.29, 1.82) is 0 Å². The molecule has 1 atom stereocenters. The summed E-state index contributed by atoms with van der Waals surface area (Å²) < 4.78 is 4.54.